The number of hydrogen-bond donors (Lipinski definition) is 2. The molecule has 0 amide bonds. The molecule has 0 bridgehead atoms. The minimum absolute atomic E-state index is 0.0684. The third-order valence-corrected chi connectivity index (χ3v) is 19.3. The fourth-order valence-corrected chi connectivity index (χ4v) is 8.08. The number of nitrogens with two attached hydrogens (primary N) is 1. The summed E-state index contributed by atoms with van der Waals surface area (Å²) in [6.45, 7) is 21.6. The van der Waals surface area contributed by atoms with E-state index in [-0.39, 0.29) is 41.1 Å². The molecule has 12 nitrogen and oxygen atoms in total. The second kappa shape index (κ2) is 11.8. The quantitative estimate of drug-likeness (QED) is 0.229. The van der Waals surface area contributed by atoms with E-state index >= 15 is 0 Å². The lowest BCUT2D eigenvalue weighted by Crippen LogP contribution is -2.59. The summed E-state index contributed by atoms with van der Waals surface area (Å²) in [4.78, 5) is 26.9. The van der Waals surface area contributed by atoms with Crippen molar-refractivity contribution in [2.45, 2.75) is 115 Å². The van der Waals surface area contributed by atoms with Gasteiger partial charge in [0.1, 0.15) is 12.2 Å². The van der Waals surface area contributed by atoms with E-state index in [0.717, 1.165) is 9.98 Å². The minimum Gasteiger partial charge on any atom is -0.414 e. The van der Waals surface area contributed by atoms with E-state index in [4.69, 9.17) is 28.6 Å². The summed E-state index contributed by atoms with van der Waals surface area (Å²) in [6.07, 6.45) is 0.846. The number of aliphatic hydroxyl groups excluding tert-OH is 1. The van der Waals surface area contributed by atoms with E-state index in [1.165, 1.54) is 22.9 Å². The number of aliphatic hydroxyl groups is 1. The Kier molecular flexibility index (Phi) is 9.79. The monoisotopic (exact) mass is 659 g/mol. The topological polar surface area (TPSA) is 161 Å². The van der Waals surface area contributed by atoms with Gasteiger partial charge in [0.15, 0.2) is 28.5 Å². The number of allylic oxidation sites excluding steroid dienone is 1. The van der Waals surface area contributed by atoms with Crippen LogP contribution in [0.4, 0.5) is 0 Å². The third-order valence-electron chi connectivity index (χ3n) is 9.27. The van der Waals surface area contributed by atoms with Crippen LogP contribution < -0.4 is 17.0 Å². The van der Waals surface area contributed by atoms with Crippen molar-refractivity contribution in [3.05, 3.63) is 55.9 Å². The Morgan fingerprint density at radius 1 is 1.07 bits per heavy atom. The van der Waals surface area contributed by atoms with Crippen LogP contribution in [-0.4, -0.2) is 70.3 Å². The van der Waals surface area contributed by atoms with Crippen LogP contribution in [0, 0.1) is 6.92 Å². The Morgan fingerprint density at radius 2 is 1.65 bits per heavy atom. The van der Waals surface area contributed by atoms with Crippen LogP contribution in [0.15, 0.2) is 39.0 Å². The molecule has 1 aromatic heterocycles. The van der Waals surface area contributed by atoms with E-state index in [2.05, 4.69) is 33.9 Å². The Labute approximate surface area is 256 Å². The van der Waals surface area contributed by atoms with E-state index < -0.39 is 62.0 Å². The summed E-state index contributed by atoms with van der Waals surface area (Å²) >= 11 is 0. The highest BCUT2D eigenvalue weighted by molar-refractivity contribution is 7.90. The molecule has 1 aromatic rings. The van der Waals surface area contributed by atoms with Crippen molar-refractivity contribution in [1.82, 2.24) is 9.13 Å². The SMILES string of the molecule is Cc1cn([C@@H]2O[C@H](CO[Si](C)(C)C(C)(C)C)[C@@]3(OS(=O)(=O)C=C3N)[C@H]2O[Si](C)(C)C(C)(C)C)c(=O)n(C/C=C/CO)c1=O. The predicted molar refractivity (Wildman–Crippen MR) is 170 cm³/mol. The van der Waals surface area contributed by atoms with Crippen molar-refractivity contribution in [2.24, 2.45) is 5.73 Å². The van der Waals surface area contributed by atoms with Crippen LogP contribution in [-0.2, 0) is 34.4 Å². The summed E-state index contributed by atoms with van der Waals surface area (Å²) in [5, 5.41) is 9.55. The van der Waals surface area contributed by atoms with E-state index in [9.17, 15) is 18.0 Å². The van der Waals surface area contributed by atoms with Gasteiger partial charge < -0.3 is 24.4 Å². The molecular weight excluding hydrogens is 611 g/mol. The van der Waals surface area contributed by atoms with Gasteiger partial charge in [-0.05, 0) is 43.2 Å². The average molecular weight is 660 g/mol. The first-order chi connectivity index (χ1) is 19.4. The molecule has 3 rings (SSSR count). The molecule has 2 aliphatic heterocycles. The molecule has 1 saturated heterocycles. The molecule has 3 N–H and O–H groups in total. The van der Waals surface area contributed by atoms with Gasteiger partial charge in [-0.1, -0.05) is 53.7 Å². The van der Waals surface area contributed by atoms with Crippen molar-refractivity contribution in [3.8, 4) is 0 Å². The fourth-order valence-electron chi connectivity index (χ4n) is 4.57. The van der Waals surface area contributed by atoms with Gasteiger partial charge in [0.25, 0.3) is 15.7 Å². The lowest BCUT2D eigenvalue weighted by atomic mass is 9.89. The summed E-state index contributed by atoms with van der Waals surface area (Å²) in [5.41, 5.74) is 3.64. The molecule has 2 aliphatic rings. The molecule has 244 valence electrons. The summed E-state index contributed by atoms with van der Waals surface area (Å²) in [5.74, 6) is 0. The van der Waals surface area contributed by atoms with Gasteiger partial charge >= 0.3 is 5.69 Å². The normalized spacial score (nSPS) is 26.5. The molecule has 15 heteroatoms. The van der Waals surface area contributed by atoms with Crippen molar-refractivity contribution in [2.75, 3.05) is 13.2 Å². The zero-order chi connectivity index (χ0) is 33.0. The predicted octanol–water partition coefficient (Wildman–Crippen LogP) is 3.08. The smallest absolute Gasteiger partial charge is 0.333 e. The van der Waals surface area contributed by atoms with Crippen molar-refractivity contribution < 1.29 is 31.3 Å². The van der Waals surface area contributed by atoms with E-state index in [1.807, 2.05) is 33.9 Å². The summed E-state index contributed by atoms with van der Waals surface area (Å²) < 4.78 is 54.0. The second-order valence-corrected chi connectivity index (χ2v) is 25.4. The molecule has 0 radical (unpaired) electrons. The Morgan fingerprint density at radius 3 is 2.14 bits per heavy atom. The number of nitrogens with zero attached hydrogens (tertiary/aromatic N) is 2. The first-order valence-electron chi connectivity index (χ1n) is 14.4. The standard InChI is InChI=1S/C28H49N3O9SSi2/c1-19-16-31(25(34)30(23(19)33)14-12-13-15-32)24-22(39-43(10,11)27(5,6)7)28(20(29)18-41(35,36)40-28)21(38-24)17-37-42(8,9)26(2,3)4/h12-13,16,18,21-22,24,32H,14-15,17,29H2,1-11H3/b13-12+/t21-,22+,24-,28-/m1/s1. The number of hydrogen-bond acceptors (Lipinski definition) is 10. The summed E-state index contributed by atoms with van der Waals surface area (Å²) in [6, 6.07) is 0. The van der Waals surface area contributed by atoms with Crippen LogP contribution in [0.1, 0.15) is 53.3 Å². The van der Waals surface area contributed by atoms with Crippen LogP contribution in [0.5, 0.6) is 0 Å². The van der Waals surface area contributed by atoms with Gasteiger partial charge in [0.05, 0.1) is 24.3 Å². The minimum atomic E-state index is -4.23. The molecule has 0 unspecified atom stereocenters. The first-order valence-corrected chi connectivity index (χ1v) is 21.7. The molecule has 4 atom stereocenters. The molecule has 3 heterocycles. The number of aryl methyl sites for hydroxylation is 1. The Balaban J connectivity index is 2.30. The Hall–Kier alpha value is -1.86. The van der Waals surface area contributed by atoms with Crippen LogP contribution in [0.25, 0.3) is 0 Å². The maximum absolute atomic E-state index is 13.9. The van der Waals surface area contributed by atoms with Crippen LogP contribution in [0.2, 0.25) is 36.3 Å². The molecule has 0 saturated carbocycles. The Bertz CT molecular complexity index is 1500. The van der Waals surface area contributed by atoms with Crippen LogP contribution >= 0.6 is 0 Å². The highest BCUT2D eigenvalue weighted by Crippen LogP contribution is 2.52. The fraction of sp³-hybridized carbons (Fsp3) is 0.714. The molecular formula is C28H49N3O9SSi2. The number of rotatable bonds is 9. The van der Waals surface area contributed by atoms with Crippen molar-refractivity contribution in [3.63, 3.8) is 0 Å². The maximum Gasteiger partial charge on any atom is 0.333 e. The lowest BCUT2D eigenvalue weighted by molar-refractivity contribution is -0.0567. The molecule has 1 fully saturated rings. The van der Waals surface area contributed by atoms with Gasteiger partial charge in [-0.3, -0.25) is 13.9 Å². The lowest BCUT2D eigenvalue weighted by Gasteiger charge is -2.43. The van der Waals surface area contributed by atoms with Gasteiger partial charge in [-0.25, -0.2) is 8.98 Å². The maximum atomic E-state index is 13.9. The van der Waals surface area contributed by atoms with Crippen molar-refractivity contribution in [1.29, 1.82) is 0 Å². The molecule has 1 spiro atoms. The second-order valence-electron chi connectivity index (χ2n) is 14.4. The first kappa shape index (κ1) is 35.6. The van der Waals surface area contributed by atoms with Crippen LogP contribution in [0.3, 0.4) is 0 Å². The van der Waals surface area contributed by atoms with Gasteiger partial charge in [0.2, 0.25) is 0 Å². The van der Waals surface area contributed by atoms with Gasteiger partial charge in [0, 0.05) is 18.3 Å². The zero-order valence-electron chi connectivity index (χ0n) is 27.3. The third kappa shape index (κ3) is 6.73. The van der Waals surface area contributed by atoms with E-state index in [0.29, 0.717) is 0 Å². The van der Waals surface area contributed by atoms with Gasteiger partial charge in [-0.2, -0.15) is 8.42 Å². The zero-order valence-corrected chi connectivity index (χ0v) is 30.1. The van der Waals surface area contributed by atoms with Gasteiger partial charge in [-0.15, -0.1) is 0 Å². The highest BCUT2D eigenvalue weighted by Gasteiger charge is 2.67. The van der Waals surface area contributed by atoms with E-state index in [1.54, 1.807) is 6.92 Å². The molecule has 43 heavy (non-hydrogen) atoms. The number of aromatic nitrogens is 2. The highest BCUT2D eigenvalue weighted by atomic mass is 32.2. The summed E-state index contributed by atoms with van der Waals surface area (Å²) in [7, 11) is -9.31. The number of ether oxygens (including phenoxy) is 1. The average Bonchev–Trinajstić information content (AvgIpc) is 3.27. The van der Waals surface area contributed by atoms with Crippen molar-refractivity contribution >= 4 is 26.8 Å². The molecule has 0 aromatic carbocycles. The molecule has 0 aliphatic carbocycles. The largest absolute Gasteiger partial charge is 0.414 e.